The summed E-state index contributed by atoms with van der Waals surface area (Å²) in [5.41, 5.74) is 3.50. The molecule has 0 fully saturated rings. The first-order valence-corrected chi connectivity index (χ1v) is 10.5. The van der Waals surface area contributed by atoms with E-state index in [2.05, 4.69) is 20.3 Å². The minimum Gasteiger partial charge on any atom is -0.496 e. The first-order chi connectivity index (χ1) is 14.1. The van der Waals surface area contributed by atoms with Crippen molar-refractivity contribution in [3.8, 4) is 22.8 Å². The second-order valence-electron chi connectivity index (χ2n) is 6.20. The van der Waals surface area contributed by atoms with Crippen LogP contribution < -0.4 is 4.74 Å². The van der Waals surface area contributed by atoms with Crippen LogP contribution in [0, 0.1) is 6.92 Å². The SMILES string of the molecule is COc1ccc(Cl)cc1-c1nc(SCc2c(C)nn(-c3ccccc3)c2Cl)n[nH]1. The van der Waals surface area contributed by atoms with Crippen LogP contribution in [0.3, 0.4) is 0 Å². The van der Waals surface area contributed by atoms with E-state index in [9.17, 15) is 0 Å². The summed E-state index contributed by atoms with van der Waals surface area (Å²) in [5.74, 6) is 1.86. The Hall–Kier alpha value is -2.48. The van der Waals surface area contributed by atoms with Crippen molar-refractivity contribution in [1.29, 1.82) is 0 Å². The molecule has 29 heavy (non-hydrogen) atoms. The van der Waals surface area contributed by atoms with Crippen LogP contribution in [0.15, 0.2) is 53.7 Å². The molecule has 9 heteroatoms. The predicted molar refractivity (Wildman–Crippen MR) is 116 cm³/mol. The monoisotopic (exact) mass is 445 g/mol. The van der Waals surface area contributed by atoms with Crippen molar-refractivity contribution in [3.05, 3.63) is 70.0 Å². The molecule has 2 heterocycles. The molecule has 0 spiro atoms. The van der Waals surface area contributed by atoms with Crippen LogP contribution in [0.25, 0.3) is 17.1 Å². The van der Waals surface area contributed by atoms with Gasteiger partial charge < -0.3 is 4.74 Å². The van der Waals surface area contributed by atoms with Gasteiger partial charge in [-0.15, -0.1) is 5.10 Å². The zero-order valence-corrected chi connectivity index (χ0v) is 18.0. The molecule has 0 radical (unpaired) electrons. The molecule has 0 atom stereocenters. The lowest BCUT2D eigenvalue weighted by Crippen LogP contribution is -1.96. The number of hydrogen-bond donors (Lipinski definition) is 1. The van der Waals surface area contributed by atoms with Gasteiger partial charge in [0.05, 0.1) is 24.1 Å². The van der Waals surface area contributed by atoms with Crippen LogP contribution in [0.5, 0.6) is 5.75 Å². The minimum absolute atomic E-state index is 0.591. The third kappa shape index (κ3) is 4.12. The predicted octanol–water partition coefficient (Wildman–Crippen LogP) is 5.57. The van der Waals surface area contributed by atoms with E-state index >= 15 is 0 Å². The van der Waals surface area contributed by atoms with E-state index in [1.807, 2.05) is 37.3 Å². The van der Waals surface area contributed by atoms with Gasteiger partial charge in [-0.3, -0.25) is 5.10 Å². The Balaban J connectivity index is 1.54. The van der Waals surface area contributed by atoms with Crippen molar-refractivity contribution in [1.82, 2.24) is 25.0 Å². The Morgan fingerprint density at radius 2 is 1.93 bits per heavy atom. The first kappa shape index (κ1) is 19.8. The van der Waals surface area contributed by atoms with Crippen LogP contribution in [-0.2, 0) is 5.75 Å². The second-order valence-corrected chi connectivity index (χ2v) is 7.94. The summed E-state index contributed by atoms with van der Waals surface area (Å²) in [6.45, 7) is 1.95. The van der Waals surface area contributed by atoms with E-state index in [-0.39, 0.29) is 0 Å². The summed E-state index contributed by atoms with van der Waals surface area (Å²) in [4.78, 5) is 4.56. The molecule has 6 nitrogen and oxygen atoms in total. The van der Waals surface area contributed by atoms with Gasteiger partial charge in [0.25, 0.3) is 0 Å². The van der Waals surface area contributed by atoms with Crippen LogP contribution in [0.4, 0.5) is 0 Å². The van der Waals surface area contributed by atoms with Gasteiger partial charge in [-0.25, -0.2) is 9.67 Å². The maximum Gasteiger partial charge on any atom is 0.209 e. The van der Waals surface area contributed by atoms with Gasteiger partial charge in [-0.1, -0.05) is 53.2 Å². The Morgan fingerprint density at radius 1 is 1.14 bits per heavy atom. The summed E-state index contributed by atoms with van der Waals surface area (Å²) >= 11 is 14.2. The number of aryl methyl sites for hydroxylation is 1. The molecule has 0 aliphatic heterocycles. The van der Waals surface area contributed by atoms with Crippen LogP contribution in [0.1, 0.15) is 11.3 Å². The number of hydrogen-bond acceptors (Lipinski definition) is 5. The zero-order chi connectivity index (χ0) is 20.4. The molecule has 0 saturated heterocycles. The van der Waals surface area contributed by atoms with Gasteiger partial charge in [0.2, 0.25) is 5.16 Å². The Bertz CT molecular complexity index is 1140. The van der Waals surface area contributed by atoms with Crippen molar-refractivity contribution >= 4 is 35.0 Å². The molecular formula is C20H17Cl2N5OS. The highest BCUT2D eigenvalue weighted by atomic mass is 35.5. The van der Waals surface area contributed by atoms with Gasteiger partial charge in [-0.2, -0.15) is 5.10 Å². The highest BCUT2D eigenvalue weighted by Crippen LogP contribution is 2.33. The maximum atomic E-state index is 6.60. The molecular weight excluding hydrogens is 429 g/mol. The lowest BCUT2D eigenvalue weighted by Gasteiger charge is -2.05. The third-order valence-corrected chi connectivity index (χ3v) is 5.85. The fourth-order valence-electron chi connectivity index (χ4n) is 2.87. The molecule has 1 N–H and O–H groups in total. The molecule has 0 aliphatic rings. The normalized spacial score (nSPS) is 11.0. The topological polar surface area (TPSA) is 68.6 Å². The summed E-state index contributed by atoms with van der Waals surface area (Å²) in [7, 11) is 1.61. The number of ether oxygens (including phenoxy) is 1. The Morgan fingerprint density at radius 3 is 2.69 bits per heavy atom. The molecule has 0 aliphatic carbocycles. The lowest BCUT2D eigenvalue weighted by atomic mass is 10.2. The molecule has 2 aromatic heterocycles. The van der Waals surface area contributed by atoms with Gasteiger partial charge in [0, 0.05) is 16.3 Å². The molecule has 4 rings (SSSR count). The smallest absolute Gasteiger partial charge is 0.209 e. The first-order valence-electron chi connectivity index (χ1n) is 8.75. The number of aromatic nitrogens is 5. The number of thioether (sulfide) groups is 1. The molecule has 0 unspecified atom stereocenters. The van der Waals surface area contributed by atoms with Gasteiger partial charge in [0.1, 0.15) is 10.9 Å². The fourth-order valence-corrected chi connectivity index (χ4v) is 4.34. The van der Waals surface area contributed by atoms with Gasteiger partial charge >= 0.3 is 0 Å². The quantitative estimate of drug-likeness (QED) is 0.392. The average Bonchev–Trinajstić information content (AvgIpc) is 3.31. The molecule has 148 valence electrons. The van der Waals surface area contributed by atoms with Crippen molar-refractivity contribution < 1.29 is 4.74 Å². The number of nitrogens with one attached hydrogen (secondary N) is 1. The summed E-state index contributed by atoms with van der Waals surface area (Å²) < 4.78 is 7.13. The molecule has 4 aromatic rings. The van der Waals surface area contributed by atoms with Crippen molar-refractivity contribution in [2.45, 2.75) is 17.8 Å². The summed E-state index contributed by atoms with van der Waals surface area (Å²) in [6.07, 6.45) is 0. The van der Waals surface area contributed by atoms with Crippen LogP contribution >= 0.6 is 35.0 Å². The molecule has 0 saturated carbocycles. The number of H-pyrrole nitrogens is 1. The van der Waals surface area contributed by atoms with Crippen molar-refractivity contribution in [2.24, 2.45) is 0 Å². The number of aromatic amines is 1. The molecule has 0 amide bonds. The third-order valence-electron chi connectivity index (χ3n) is 4.35. The lowest BCUT2D eigenvalue weighted by molar-refractivity contribution is 0.416. The van der Waals surface area contributed by atoms with Crippen LogP contribution in [0.2, 0.25) is 10.2 Å². The highest BCUT2D eigenvalue weighted by molar-refractivity contribution is 7.98. The largest absolute Gasteiger partial charge is 0.496 e. The molecule has 0 bridgehead atoms. The number of rotatable bonds is 6. The number of benzene rings is 2. The minimum atomic E-state index is 0.591. The van der Waals surface area contributed by atoms with E-state index in [1.54, 1.807) is 30.0 Å². The summed E-state index contributed by atoms with van der Waals surface area (Å²) in [6, 6.07) is 15.2. The average molecular weight is 446 g/mol. The molecule has 2 aromatic carbocycles. The van der Waals surface area contributed by atoms with E-state index in [1.165, 1.54) is 11.8 Å². The van der Waals surface area contributed by atoms with E-state index in [4.69, 9.17) is 27.9 Å². The van der Waals surface area contributed by atoms with Gasteiger partial charge in [0.15, 0.2) is 5.82 Å². The number of halogens is 2. The fraction of sp³-hybridized carbons (Fsp3) is 0.150. The van der Waals surface area contributed by atoms with E-state index in [0.29, 0.717) is 32.7 Å². The van der Waals surface area contributed by atoms with Crippen molar-refractivity contribution in [2.75, 3.05) is 7.11 Å². The zero-order valence-electron chi connectivity index (χ0n) is 15.7. The highest BCUT2D eigenvalue weighted by Gasteiger charge is 2.17. The van der Waals surface area contributed by atoms with Crippen molar-refractivity contribution in [3.63, 3.8) is 0 Å². The number of methoxy groups -OCH3 is 1. The second kappa shape index (κ2) is 8.49. The van der Waals surface area contributed by atoms with E-state index < -0.39 is 0 Å². The number of nitrogens with zero attached hydrogens (tertiary/aromatic N) is 4. The standard InChI is InChI=1S/C20H17Cl2N5OS/c1-12-16(18(22)27(26-12)14-6-4-3-5-7-14)11-29-20-23-19(24-25-20)15-10-13(21)8-9-17(15)28-2/h3-10H,11H2,1-2H3,(H,23,24,25). The van der Waals surface area contributed by atoms with Gasteiger partial charge in [-0.05, 0) is 37.3 Å². The maximum absolute atomic E-state index is 6.60. The van der Waals surface area contributed by atoms with Crippen LogP contribution in [-0.4, -0.2) is 32.1 Å². The number of para-hydroxylation sites is 1. The summed E-state index contributed by atoms with van der Waals surface area (Å²) in [5, 5.41) is 13.6. The Kier molecular flexibility index (Phi) is 5.80. The Labute approximate surface area is 182 Å². The van der Waals surface area contributed by atoms with E-state index in [0.717, 1.165) is 22.5 Å².